The van der Waals surface area contributed by atoms with Gasteiger partial charge in [-0.2, -0.15) is 0 Å². The number of nitrogens with one attached hydrogen (secondary N) is 1. The van der Waals surface area contributed by atoms with Crippen molar-refractivity contribution in [2.45, 2.75) is 52.1 Å². The minimum Gasteiger partial charge on any atom is -0.312 e. The van der Waals surface area contributed by atoms with Crippen molar-refractivity contribution in [3.63, 3.8) is 0 Å². The van der Waals surface area contributed by atoms with Crippen LogP contribution >= 0.6 is 0 Å². The predicted octanol–water partition coefficient (Wildman–Crippen LogP) is 1.52. The van der Waals surface area contributed by atoms with Crippen LogP contribution in [0.25, 0.3) is 0 Å². The van der Waals surface area contributed by atoms with Crippen LogP contribution in [0.3, 0.4) is 0 Å². The molecule has 0 spiro atoms. The Morgan fingerprint density at radius 2 is 2.11 bits per heavy atom. The van der Waals surface area contributed by atoms with Crippen molar-refractivity contribution in [2.24, 2.45) is 5.92 Å². The van der Waals surface area contributed by atoms with Crippen molar-refractivity contribution in [3.05, 3.63) is 0 Å². The second kappa shape index (κ2) is 7.60. The van der Waals surface area contributed by atoms with Crippen LogP contribution in [-0.4, -0.2) is 57.0 Å². The summed E-state index contributed by atoms with van der Waals surface area (Å²) in [5.74, 6) is 0.972. The highest BCUT2D eigenvalue weighted by molar-refractivity contribution is 7.90. The fourth-order valence-corrected chi connectivity index (χ4v) is 3.32. The van der Waals surface area contributed by atoms with Crippen LogP contribution in [0.5, 0.6) is 0 Å². The molecule has 0 aromatic heterocycles. The SMILES string of the molecule is CCC(C)C1CN(CCCS(C)(=O)=O)C(C)CCN1. The average molecular weight is 290 g/mol. The molecule has 0 bridgehead atoms. The molecule has 0 aromatic carbocycles. The summed E-state index contributed by atoms with van der Waals surface area (Å²) in [6.45, 7) is 9.78. The Morgan fingerprint density at radius 3 is 2.68 bits per heavy atom. The molecule has 5 heteroatoms. The molecule has 1 rings (SSSR count). The van der Waals surface area contributed by atoms with E-state index in [2.05, 4.69) is 31.0 Å². The van der Waals surface area contributed by atoms with Gasteiger partial charge >= 0.3 is 0 Å². The molecular weight excluding hydrogens is 260 g/mol. The van der Waals surface area contributed by atoms with Crippen molar-refractivity contribution in [1.29, 1.82) is 0 Å². The van der Waals surface area contributed by atoms with Crippen LogP contribution in [0.15, 0.2) is 0 Å². The first-order valence-electron chi connectivity index (χ1n) is 7.48. The molecule has 0 aliphatic carbocycles. The Bertz CT molecular complexity index is 356. The first kappa shape index (κ1) is 16.9. The highest BCUT2D eigenvalue weighted by Crippen LogP contribution is 2.16. The first-order valence-corrected chi connectivity index (χ1v) is 9.54. The third kappa shape index (κ3) is 6.23. The quantitative estimate of drug-likeness (QED) is 0.806. The third-order valence-electron chi connectivity index (χ3n) is 4.31. The zero-order valence-corrected chi connectivity index (χ0v) is 13.7. The highest BCUT2D eigenvalue weighted by Gasteiger charge is 2.25. The smallest absolute Gasteiger partial charge is 0.147 e. The van der Waals surface area contributed by atoms with Crippen molar-refractivity contribution in [1.82, 2.24) is 10.2 Å². The fourth-order valence-electron chi connectivity index (χ4n) is 2.66. The lowest BCUT2D eigenvalue weighted by molar-refractivity contribution is 0.189. The van der Waals surface area contributed by atoms with Gasteiger partial charge in [0, 0.05) is 24.9 Å². The van der Waals surface area contributed by atoms with Crippen LogP contribution in [-0.2, 0) is 9.84 Å². The van der Waals surface area contributed by atoms with Gasteiger partial charge in [0.2, 0.25) is 0 Å². The lowest BCUT2D eigenvalue weighted by Crippen LogP contribution is -2.44. The maximum Gasteiger partial charge on any atom is 0.147 e. The Kier molecular flexibility index (Phi) is 6.77. The van der Waals surface area contributed by atoms with Gasteiger partial charge in [0.05, 0.1) is 5.75 Å². The van der Waals surface area contributed by atoms with E-state index in [9.17, 15) is 8.42 Å². The molecule has 0 saturated carbocycles. The Hall–Kier alpha value is -0.130. The minimum absolute atomic E-state index is 0.303. The van der Waals surface area contributed by atoms with Gasteiger partial charge in [-0.25, -0.2) is 8.42 Å². The van der Waals surface area contributed by atoms with Crippen molar-refractivity contribution < 1.29 is 8.42 Å². The molecular formula is C14H30N2O2S. The van der Waals surface area contributed by atoms with E-state index < -0.39 is 9.84 Å². The van der Waals surface area contributed by atoms with E-state index in [4.69, 9.17) is 0 Å². The van der Waals surface area contributed by atoms with Crippen molar-refractivity contribution in [2.75, 3.05) is 31.6 Å². The molecule has 0 aromatic rings. The summed E-state index contributed by atoms with van der Waals surface area (Å²) in [5, 5.41) is 3.64. The summed E-state index contributed by atoms with van der Waals surface area (Å²) in [7, 11) is -2.83. The third-order valence-corrected chi connectivity index (χ3v) is 5.34. The molecule has 114 valence electrons. The number of hydrogen-bond donors (Lipinski definition) is 1. The summed E-state index contributed by atoms with van der Waals surface area (Å²) < 4.78 is 22.4. The van der Waals surface area contributed by atoms with E-state index in [0.717, 1.165) is 32.5 Å². The van der Waals surface area contributed by atoms with E-state index in [1.54, 1.807) is 0 Å². The lowest BCUT2D eigenvalue weighted by atomic mass is 9.99. The maximum atomic E-state index is 11.2. The van der Waals surface area contributed by atoms with Gasteiger partial charge in [0.25, 0.3) is 0 Å². The van der Waals surface area contributed by atoms with Gasteiger partial charge < -0.3 is 5.32 Å². The standard InChI is InChI=1S/C14H30N2O2S/c1-5-12(2)14-11-16(13(3)7-8-15-14)9-6-10-19(4,17)18/h12-15H,5-11H2,1-4H3. The van der Waals surface area contributed by atoms with Crippen molar-refractivity contribution in [3.8, 4) is 0 Å². The molecule has 4 nitrogen and oxygen atoms in total. The number of nitrogens with zero attached hydrogens (tertiary/aromatic N) is 1. The predicted molar refractivity (Wildman–Crippen MR) is 81.2 cm³/mol. The van der Waals surface area contributed by atoms with Crippen LogP contribution < -0.4 is 5.32 Å². The van der Waals surface area contributed by atoms with Gasteiger partial charge in [-0.3, -0.25) is 4.90 Å². The van der Waals surface area contributed by atoms with E-state index in [0.29, 0.717) is 23.8 Å². The first-order chi connectivity index (χ1) is 8.83. The normalized spacial score (nSPS) is 28.0. The van der Waals surface area contributed by atoms with Crippen LogP contribution in [0.4, 0.5) is 0 Å². The van der Waals surface area contributed by atoms with Gasteiger partial charge in [0.15, 0.2) is 0 Å². The summed E-state index contributed by atoms with van der Waals surface area (Å²) in [4.78, 5) is 2.46. The Labute approximate surface area is 118 Å². The second-order valence-electron chi connectivity index (χ2n) is 6.06. The second-order valence-corrected chi connectivity index (χ2v) is 8.32. The minimum atomic E-state index is -2.83. The molecule has 19 heavy (non-hydrogen) atoms. The number of hydrogen-bond acceptors (Lipinski definition) is 4. The summed E-state index contributed by atoms with van der Waals surface area (Å²) in [5.41, 5.74) is 0. The molecule has 1 heterocycles. The van der Waals surface area contributed by atoms with E-state index >= 15 is 0 Å². The number of sulfone groups is 1. The maximum absolute atomic E-state index is 11.2. The molecule has 0 amide bonds. The van der Waals surface area contributed by atoms with Crippen LogP contribution in [0, 0.1) is 5.92 Å². The van der Waals surface area contributed by atoms with Gasteiger partial charge in [0.1, 0.15) is 9.84 Å². The molecule has 0 radical (unpaired) electrons. The molecule has 1 fully saturated rings. The zero-order chi connectivity index (χ0) is 14.5. The van der Waals surface area contributed by atoms with E-state index in [-0.39, 0.29) is 0 Å². The highest BCUT2D eigenvalue weighted by atomic mass is 32.2. The molecule has 3 atom stereocenters. The topological polar surface area (TPSA) is 49.4 Å². The lowest BCUT2D eigenvalue weighted by Gasteiger charge is -2.31. The van der Waals surface area contributed by atoms with E-state index in [1.165, 1.54) is 12.7 Å². The van der Waals surface area contributed by atoms with Crippen molar-refractivity contribution >= 4 is 9.84 Å². The van der Waals surface area contributed by atoms with E-state index in [1.807, 2.05) is 0 Å². The summed E-state index contributed by atoms with van der Waals surface area (Å²) in [6, 6.07) is 1.08. The Balaban J connectivity index is 2.52. The summed E-state index contributed by atoms with van der Waals surface area (Å²) >= 11 is 0. The molecule has 1 aliphatic rings. The van der Waals surface area contributed by atoms with Gasteiger partial charge in [-0.1, -0.05) is 20.3 Å². The van der Waals surface area contributed by atoms with Crippen LogP contribution in [0.2, 0.25) is 0 Å². The molecule has 1 saturated heterocycles. The molecule has 3 unspecified atom stereocenters. The zero-order valence-electron chi connectivity index (χ0n) is 12.9. The molecule has 1 aliphatic heterocycles. The van der Waals surface area contributed by atoms with Gasteiger partial charge in [-0.15, -0.1) is 0 Å². The average Bonchev–Trinajstić information content (AvgIpc) is 2.50. The summed E-state index contributed by atoms with van der Waals surface area (Å²) in [6.07, 6.45) is 4.40. The van der Waals surface area contributed by atoms with Gasteiger partial charge in [-0.05, 0) is 38.8 Å². The largest absolute Gasteiger partial charge is 0.312 e. The van der Waals surface area contributed by atoms with Crippen LogP contribution in [0.1, 0.15) is 40.0 Å². The number of rotatable bonds is 6. The fraction of sp³-hybridized carbons (Fsp3) is 1.00. The Morgan fingerprint density at radius 1 is 1.42 bits per heavy atom. The molecule has 1 N–H and O–H groups in total. The monoisotopic (exact) mass is 290 g/mol.